The molecule has 0 saturated heterocycles. The average Bonchev–Trinajstić information content (AvgIpc) is 3.13. The number of aliphatic hydroxyl groups excluding tert-OH is 1. The summed E-state index contributed by atoms with van der Waals surface area (Å²) in [6.45, 7) is 6.53. The number of hydrogen-bond donors (Lipinski definition) is 3. The Morgan fingerprint density at radius 3 is 2.48 bits per heavy atom. The number of nitrogens with zero attached hydrogens (tertiary/aromatic N) is 2. The highest BCUT2D eigenvalue weighted by atomic mass is 16.5. The van der Waals surface area contributed by atoms with Crippen LogP contribution in [0.15, 0.2) is 91.0 Å². The number of aliphatic hydroxyl groups is 1. The number of nitrogens with one attached hydrogen (secondary N) is 2. The molecule has 4 atom stereocenters. The normalized spacial score (nSPS) is 19.4. The van der Waals surface area contributed by atoms with Crippen molar-refractivity contribution in [1.29, 1.82) is 0 Å². The maximum atomic E-state index is 14.4. The lowest BCUT2D eigenvalue weighted by Gasteiger charge is -2.35. The van der Waals surface area contributed by atoms with E-state index < -0.39 is 12.1 Å². The smallest absolute Gasteiger partial charge is 0.321 e. The van der Waals surface area contributed by atoms with E-state index in [0.29, 0.717) is 30.2 Å². The number of urea groups is 1. The predicted octanol–water partition coefficient (Wildman–Crippen LogP) is 7.05. The molecule has 0 unspecified atom stereocenters. The van der Waals surface area contributed by atoms with Gasteiger partial charge in [-0.15, -0.1) is 0 Å². The molecule has 4 amide bonds. The minimum absolute atomic E-state index is 0.184. The maximum absolute atomic E-state index is 14.4. The van der Waals surface area contributed by atoms with Crippen molar-refractivity contribution in [2.45, 2.75) is 58.3 Å². The van der Waals surface area contributed by atoms with Crippen LogP contribution in [0.3, 0.4) is 0 Å². The van der Waals surface area contributed by atoms with Gasteiger partial charge in [0.1, 0.15) is 5.75 Å². The van der Waals surface area contributed by atoms with E-state index in [9.17, 15) is 19.5 Å². The van der Waals surface area contributed by atoms with Crippen LogP contribution in [0.2, 0.25) is 0 Å². The molecular formula is C40H48N4O6. The highest BCUT2D eigenvalue weighted by molar-refractivity contribution is 6.05. The minimum Gasteiger partial charge on any atom is -0.490 e. The second-order valence-electron chi connectivity index (χ2n) is 13.2. The molecule has 10 nitrogen and oxygen atoms in total. The first-order chi connectivity index (χ1) is 24.1. The molecule has 1 aliphatic heterocycles. The van der Waals surface area contributed by atoms with Gasteiger partial charge in [0.2, 0.25) is 0 Å². The van der Waals surface area contributed by atoms with Crippen molar-refractivity contribution >= 4 is 40.0 Å². The van der Waals surface area contributed by atoms with E-state index in [1.54, 1.807) is 66.2 Å². The third-order valence-electron chi connectivity index (χ3n) is 9.18. The van der Waals surface area contributed by atoms with Gasteiger partial charge in [-0.3, -0.25) is 9.59 Å². The van der Waals surface area contributed by atoms with Crippen molar-refractivity contribution in [2.75, 3.05) is 44.0 Å². The molecule has 264 valence electrons. The van der Waals surface area contributed by atoms with Crippen LogP contribution in [0.1, 0.15) is 60.7 Å². The Kier molecular flexibility index (Phi) is 12.5. The summed E-state index contributed by atoms with van der Waals surface area (Å²) in [7, 11) is 1.74. The van der Waals surface area contributed by atoms with E-state index in [2.05, 4.69) is 10.6 Å². The molecule has 1 aliphatic rings. The lowest BCUT2D eigenvalue weighted by Crippen LogP contribution is -2.48. The molecule has 3 N–H and O–H groups in total. The summed E-state index contributed by atoms with van der Waals surface area (Å²) < 4.78 is 12.7. The first-order valence-electron chi connectivity index (χ1n) is 17.3. The van der Waals surface area contributed by atoms with Gasteiger partial charge in [-0.2, -0.15) is 0 Å². The second kappa shape index (κ2) is 17.1. The number of amides is 4. The summed E-state index contributed by atoms with van der Waals surface area (Å²) in [5.41, 5.74) is 1.96. The number of benzene rings is 4. The molecule has 10 heteroatoms. The van der Waals surface area contributed by atoms with Gasteiger partial charge in [-0.1, -0.05) is 61.5 Å². The summed E-state index contributed by atoms with van der Waals surface area (Å²) in [5.74, 6) is -0.434. The molecule has 0 saturated carbocycles. The highest BCUT2D eigenvalue weighted by Gasteiger charge is 2.31. The van der Waals surface area contributed by atoms with Crippen LogP contribution in [-0.4, -0.2) is 84.4 Å². The van der Waals surface area contributed by atoms with Crippen LogP contribution in [-0.2, 0) is 4.74 Å². The number of carbonyl (C=O) groups excluding carboxylic acids is 3. The van der Waals surface area contributed by atoms with E-state index in [1.165, 1.54) is 0 Å². The fraction of sp³-hybridized carbons (Fsp3) is 0.375. The first kappa shape index (κ1) is 36.4. The third kappa shape index (κ3) is 9.19. The Morgan fingerprint density at radius 2 is 1.70 bits per heavy atom. The quantitative estimate of drug-likeness (QED) is 0.192. The lowest BCUT2D eigenvalue weighted by molar-refractivity contribution is -0.0115. The van der Waals surface area contributed by atoms with Gasteiger partial charge in [0.15, 0.2) is 0 Å². The number of anilines is 2. The fourth-order valence-electron chi connectivity index (χ4n) is 6.15. The Bertz CT molecular complexity index is 1760. The summed E-state index contributed by atoms with van der Waals surface area (Å²) in [6, 6.07) is 26.9. The third-order valence-corrected chi connectivity index (χ3v) is 9.18. The number of fused-ring (bicyclic) bond motifs is 2. The largest absolute Gasteiger partial charge is 0.490 e. The molecule has 0 radical (unpaired) electrons. The number of carbonyl (C=O) groups is 3. The van der Waals surface area contributed by atoms with Crippen molar-refractivity contribution in [3.8, 4) is 5.75 Å². The topological polar surface area (TPSA) is 120 Å². The van der Waals surface area contributed by atoms with Crippen LogP contribution in [0.25, 0.3) is 10.8 Å². The molecular weight excluding hydrogens is 632 g/mol. The molecule has 5 rings (SSSR count). The lowest BCUT2D eigenvalue weighted by atomic mass is 10.0. The number of rotatable bonds is 7. The van der Waals surface area contributed by atoms with Crippen molar-refractivity contribution in [3.05, 3.63) is 102 Å². The second-order valence-corrected chi connectivity index (χ2v) is 13.2. The molecule has 50 heavy (non-hydrogen) atoms. The van der Waals surface area contributed by atoms with Gasteiger partial charge in [-0.25, -0.2) is 4.79 Å². The minimum atomic E-state index is -0.529. The van der Waals surface area contributed by atoms with Crippen molar-refractivity contribution in [3.63, 3.8) is 0 Å². The van der Waals surface area contributed by atoms with Crippen LogP contribution in [0.5, 0.6) is 5.75 Å². The van der Waals surface area contributed by atoms with E-state index in [1.807, 2.05) is 62.4 Å². The van der Waals surface area contributed by atoms with E-state index in [0.717, 1.165) is 35.7 Å². The number of hydrogen-bond acceptors (Lipinski definition) is 6. The highest BCUT2D eigenvalue weighted by Crippen LogP contribution is 2.29. The summed E-state index contributed by atoms with van der Waals surface area (Å²) in [4.78, 5) is 44.1. The summed E-state index contributed by atoms with van der Waals surface area (Å²) in [5, 5.41) is 18.2. The maximum Gasteiger partial charge on any atom is 0.321 e. The van der Waals surface area contributed by atoms with E-state index in [4.69, 9.17) is 9.47 Å². The van der Waals surface area contributed by atoms with Crippen LogP contribution >= 0.6 is 0 Å². The molecule has 0 fully saturated rings. The molecule has 0 aliphatic carbocycles. The average molecular weight is 681 g/mol. The zero-order valence-corrected chi connectivity index (χ0v) is 29.3. The zero-order chi connectivity index (χ0) is 35.6. The van der Waals surface area contributed by atoms with Crippen molar-refractivity contribution in [2.24, 2.45) is 5.92 Å². The van der Waals surface area contributed by atoms with Gasteiger partial charge in [0.05, 0.1) is 36.1 Å². The van der Waals surface area contributed by atoms with Crippen LogP contribution in [0, 0.1) is 5.92 Å². The molecule has 0 bridgehead atoms. The Labute approximate surface area is 294 Å². The molecule has 0 aromatic heterocycles. The summed E-state index contributed by atoms with van der Waals surface area (Å²) in [6.07, 6.45) is 1.81. The van der Waals surface area contributed by atoms with E-state index >= 15 is 0 Å². The molecule has 4 aromatic carbocycles. The Balaban J connectivity index is 1.38. The molecule has 1 heterocycles. The van der Waals surface area contributed by atoms with Gasteiger partial charge in [0.25, 0.3) is 11.8 Å². The monoisotopic (exact) mass is 680 g/mol. The van der Waals surface area contributed by atoms with Crippen molar-refractivity contribution in [1.82, 2.24) is 9.80 Å². The fourth-order valence-corrected chi connectivity index (χ4v) is 6.15. The van der Waals surface area contributed by atoms with E-state index in [-0.39, 0.29) is 48.6 Å². The Hall–Kier alpha value is -4.93. The zero-order valence-electron chi connectivity index (χ0n) is 29.3. The molecule has 4 aromatic rings. The Morgan fingerprint density at radius 1 is 0.960 bits per heavy atom. The molecule has 0 spiro atoms. The first-order valence-corrected chi connectivity index (χ1v) is 17.3. The van der Waals surface area contributed by atoms with Crippen LogP contribution < -0.4 is 15.4 Å². The SMILES string of the molecule is C[C@@H]1CCCCO[C@H](CN(C)C(=O)Nc2cccc3ccccc23)[C@@H](C)CN([C@@H](C)CO)C(=O)c2cc(NC(=O)c3ccccc3)ccc2O1. The van der Waals surface area contributed by atoms with Gasteiger partial charge >= 0.3 is 6.03 Å². The standard InChI is InChI=1S/C40H48N4O6/c1-27-24-44(28(2)26-45)39(47)34-23-32(41-38(46)31-15-6-5-7-16-31)20-21-36(34)50-29(3)13-10-11-22-49-37(27)25-43(4)40(48)42-35-19-12-17-30-14-8-9-18-33(30)35/h5-9,12,14-21,23,27-29,37,45H,10-11,13,22,24-26H2,1-4H3,(H,41,46)(H,42,48)/t27-,28-,29+,37+/m0/s1. The van der Waals surface area contributed by atoms with Gasteiger partial charge in [-0.05, 0) is 74.9 Å². The number of likely N-dealkylation sites (N-methyl/N-ethyl adjacent to an activating group) is 1. The van der Waals surface area contributed by atoms with Gasteiger partial charge < -0.3 is 35.0 Å². The van der Waals surface area contributed by atoms with Gasteiger partial charge in [0, 0.05) is 49.3 Å². The van der Waals surface area contributed by atoms with Crippen molar-refractivity contribution < 1.29 is 29.0 Å². The number of ether oxygens (including phenoxy) is 2. The predicted molar refractivity (Wildman–Crippen MR) is 197 cm³/mol. The van der Waals surface area contributed by atoms with Crippen LogP contribution in [0.4, 0.5) is 16.2 Å². The summed E-state index contributed by atoms with van der Waals surface area (Å²) >= 11 is 0.